The summed E-state index contributed by atoms with van der Waals surface area (Å²) in [5, 5.41) is 4.02. The molecule has 5 nitrogen and oxygen atoms in total. The first kappa shape index (κ1) is 22.8. The summed E-state index contributed by atoms with van der Waals surface area (Å²) >= 11 is 0. The number of benzene rings is 3. The minimum Gasteiger partial charge on any atom is -0.349 e. The maximum absolute atomic E-state index is 13.7. The molecule has 1 saturated heterocycles. The van der Waals surface area contributed by atoms with E-state index in [1.807, 2.05) is 78.6 Å². The number of hydrogen-bond acceptors (Lipinski definition) is 3. The summed E-state index contributed by atoms with van der Waals surface area (Å²) in [5.74, 6) is -0.0311. The van der Waals surface area contributed by atoms with Gasteiger partial charge in [0.25, 0.3) is 11.8 Å². The molecule has 0 saturated carbocycles. The van der Waals surface area contributed by atoms with Crippen molar-refractivity contribution in [2.75, 3.05) is 13.1 Å². The monoisotopic (exact) mass is 463 g/mol. The summed E-state index contributed by atoms with van der Waals surface area (Å²) in [7, 11) is 0. The van der Waals surface area contributed by atoms with Crippen molar-refractivity contribution in [3.8, 4) is 11.3 Å². The first-order valence-corrected chi connectivity index (χ1v) is 12.1. The van der Waals surface area contributed by atoms with E-state index in [9.17, 15) is 9.59 Å². The maximum atomic E-state index is 13.7. The SMILES string of the molecule is Cc1ccc(-c2cc(C(=O)N3CCC(NC(=O)c4ccccc4C)CC3)c3ccccc3n2)cc1. The van der Waals surface area contributed by atoms with Crippen molar-refractivity contribution < 1.29 is 9.59 Å². The molecule has 4 aromatic rings. The van der Waals surface area contributed by atoms with E-state index >= 15 is 0 Å². The average Bonchev–Trinajstić information content (AvgIpc) is 2.88. The van der Waals surface area contributed by atoms with Crippen LogP contribution in [0.15, 0.2) is 78.9 Å². The standard InChI is InChI=1S/C30H29N3O2/c1-20-11-13-22(14-12-20)28-19-26(25-9-5-6-10-27(25)32-28)30(35)33-17-15-23(16-18-33)31-29(34)24-8-4-3-7-21(24)2/h3-14,19,23H,15-18H2,1-2H3,(H,31,34). The molecule has 5 heteroatoms. The van der Waals surface area contributed by atoms with E-state index in [-0.39, 0.29) is 17.9 Å². The van der Waals surface area contributed by atoms with Gasteiger partial charge in [-0.3, -0.25) is 9.59 Å². The zero-order chi connectivity index (χ0) is 24.4. The van der Waals surface area contributed by atoms with E-state index in [1.165, 1.54) is 5.56 Å². The van der Waals surface area contributed by atoms with Gasteiger partial charge in [-0.2, -0.15) is 0 Å². The number of rotatable bonds is 4. The predicted molar refractivity (Wildman–Crippen MR) is 139 cm³/mol. The quantitative estimate of drug-likeness (QED) is 0.431. The lowest BCUT2D eigenvalue weighted by Gasteiger charge is -2.33. The number of amides is 2. The Morgan fingerprint density at radius 1 is 0.857 bits per heavy atom. The normalized spacial score (nSPS) is 14.2. The van der Waals surface area contributed by atoms with E-state index in [2.05, 4.69) is 24.4 Å². The molecular weight excluding hydrogens is 434 g/mol. The largest absolute Gasteiger partial charge is 0.349 e. The zero-order valence-corrected chi connectivity index (χ0v) is 20.1. The molecule has 0 bridgehead atoms. The predicted octanol–water partition coefficient (Wildman–Crippen LogP) is 5.55. The molecule has 1 aliphatic heterocycles. The van der Waals surface area contributed by atoms with Gasteiger partial charge in [0, 0.05) is 35.6 Å². The number of nitrogens with zero attached hydrogens (tertiary/aromatic N) is 2. The number of nitrogens with one attached hydrogen (secondary N) is 1. The fraction of sp³-hybridized carbons (Fsp3) is 0.233. The highest BCUT2D eigenvalue weighted by Gasteiger charge is 2.26. The number of hydrogen-bond donors (Lipinski definition) is 1. The van der Waals surface area contributed by atoms with Crippen LogP contribution in [-0.4, -0.2) is 40.8 Å². The van der Waals surface area contributed by atoms with Gasteiger partial charge >= 0.3 is 0 Å². The summed E-state index contributed by atoms with van der Waals surface area (Å²) in [6.45, 7) is 5.21. The third kappa shape index (κ3) is 4.80. The van der Waals surface area contributed by atoms with Gasteiger partial charge in [-0.1, -0.05) is 66.2 Å². The molecule has 1 aliphatic rings. The number of pyridine rings is 1. The second-order valence-corrected chi connectivity index (χ2v) is 9.29. The van der Waals surface area contributed by atoms with Crippen molar-refractivity contribution >= 4 is 22.7 Å². The van der Waals surface area contributed by atoms with Crippen LogP contribution in [0.25, 0.3) is 22.2 Å². The molecule has 35 heavy (non-hydrogen) atoms. The third-order valence-corrected chi connectivity index (χ3v) is 6.80. The summed E-state index contributed by atoms with van der Waals surface area (Å²) in [5.41, 5.74) is 6.14. The smallest absolute Gasteiger partial charge is 0.254 e. The van der Waals surface area contributed by atoms with Gasteiger partial charge in [0.1, 0.15) is 0 Å². The fourth-order valence-corrected chi connectivity index (χ4v) is 4.71. The number of carbonyl (C=O) groups is 2. The Balaban J connectivity index is 1.34. The highest BCUT2D eigenvalue weighted by molar-refractivity contribution is 6.07. The molecule has 0 unspecified atom stereocenters. The molecule has 0 aliphatic carbocycles. The van der Waals surface area contributed by atoms with Gasteiger partial charge < -0.3 is 10.2 Å². The van der Waals surface area contributed by atoms with E-state index in [1.54, 1.807) is 0 Å². The van der Waals surface area contributed by atoms with Crippen molar-refractivity contribution in [1.82, 2.24) is 15.2 Å². The van der Waals surface area contributed by atoms with Crippen molar-refractivity contribution in [2.24, 2.45) is 0 Å². The van der Waals surface area contributed by atoms with Crippen molar-refractivity contribution in [3.05, 3.63) is 101 Å². The molecule has 1 aromatic heterocycles. The van der Waals surface area contributed by atoms with Gasteiger partial charge in [0.2, 0.25) is 0 Å². The molecule has 176 valence electrons. The summed E-state index contributed by atoms with van der Waals surface area (Å²) in [4.78, 5) is 33.1. The molecule has 1 N–H and O–H groups in total. The topological polar surface area (TPSA) is 62.3 Å². The first-order valence-electron chi connectivity index (χ1n) is 12.1. The van der Waals surface area contributed by atoms with Crippen LogP contribution >= 0.6 is 0 Å². The Kier molecular flexibility index (Phi) is 6.32. The molecule has 5 rings (SSSR count). The summed E-state index contributed by atoms with van der Waals surface area (Å²) in [6.07, 6.45) is 1.47. The second kappa shape index (κ2) is 9.71. The Bertz CT molecular complexity index is 1390. The number of para-hydroxylation sites is 1. The Hall–Kier alpha value is -3.99. The van der Waals surface area contributed by atoms with Crippen LogP contribution in [0.1, 0.15) is 44.7 Å². The number of carbonyl (C=O) groups excluding carboxylic acids is 2. The third-order valence-electron chi connectivity index (χ3n) is 6.80. The zero-order valence-electron chi connectivity index (χ0n) is 20.1. The number of likely N-dealkylation sites (tertiary alicyclic amines) is 1. The molecule has 2 heterocycles. The van der Waals surface area contributed by atoms with Crippen molar-refractivity contribution in [3.63, 3.8) is 0 Å². The van der Waals surface area contributed by atoms with E-state index in [4.69, 9.17) is 4.98 Å². The molecule has 0 atom stereocenters. The number of piperidine rings is 1. The van der Waals surface area contributed by atoms with Crippen LogP contribution in [0.4, 0.5) is 0 Å². The Labute approximate surface area is 205 Å². The molecule has 1 fully saturated rings. The van der Waals surface area contributed by atoms with Gasteiger partial charge in [-0.15, -0.1) is 0 Å². The lowest BCUT2D eigenvalue weighted by atomic mass is 9.99. The maximum Gasteiger partial charge on any atom is 0.254 e. The van der Waals surface area contributed by atoms with Crippen LogP contribution in [0.3, 0.4) is 0 Å². The molecule has 3 aromatic carbocycles. The average molecular weight is 464 g/mol. The Morgan fingerprint density at radius 2 is 1.54 bits per heavy atom. The highest BCUT2D eigenvalue weighted by atomic mass is 16.2. The Morgan fingerprint density at radius 3 is 2.29 bits per heavy atom. The van der Waals surface area contributed by atoms with Crippen LogP contribution < -0.4 is 5.32 Å². The fourth-order valence-electron chi connectivity index (χ4n) is 4.71. The van der Waals surface area contributed by atoms with Crippen molar-refractivity contribution in [2.45, 2.75) is 32.7 Å². The molecule has 2 amide bonds. The summed E-state index contributed by atoms with van der Waals surface area (Å²) in [6, 6.07) is 25.6. The lowest BCUT2D eigenvalue weighted by Crippen LogP contribution is -2.46. The highest BCUT2D eigenvalue weighted by Crippen LogP contribution is 2.27. The van der Waals surface area contributed by atoms with E-state index in [0.29, 0.717) is 24.2 Å². The minimum atomic E-state index is -0.0456. The lowest BCUT2D eigenvalue weighted by molar-refractivity contribution is 0.0700. The van der Waals surface area contributed by atoms with E-state index in [0.717, 1.165) is 40.6 Å². The van der Waals surface area contributed by atoms with Crippen LogP contribution in [0, 0.1) is 13.8 Å². The van der Waals surface area contributed by atoms with Crippen molar-refractivity contribution in [1.29, 1.82) is 0 Å². The van der Waals surface area contributed by atoms with Crippen LogP contribution in [-0.2, 0) is 0 Å². The van der Waals surface area contributed by atoms with Gasteiger partial charge in [-0.25, -0.2) is 4.98 Å². The molecule has 0 spiro atoms. The van der Waals surface area contributed by atoms with Gasteiger partial charge in [-0.05, 0) is 50.5 Å². The minimum absolute atomic E-state index is 0.0145. The van der Waals surface area contributed by atoms with Gasteiger partial charge in [0.05, 0.1) is 16.8 Å². The molecular formula is C30H29N3O2. The van der Waals surface area contributed by atoms with Crippen LogP contribution in [0.2, 0.25) is 0 Å². The molecule has 0 radical (unpaired) electrons. The van der Waals surface area contributed by atoms with Crippen LogP contribution in [0.5, 0.6) is 0 Å². The van der Waals surface area contributed by atoms with Gasteiger partial charge in [0.15, 0.2) is 0 Å². The second-order valence-electron chi connectivity index (χ2n) is 9.29. The van der Waals surface area contributed by atoms with E-state index < -0.39 is 0 Å². The number of fused-ring (bicyclic) bond motifs is 1. The number of aryl methyl sites for hydroxylation is 2. The summed E-state index contributed by atoms with van der Waals surface area (Å²) < 4.78 is 0. The first-order chi connectivity index (χ1) is 17.0. The number of aromatic nitrogens is 1.